The topological polar surface area (TPSA) is 88.2 Å². The molecule has 0 fully saturated rings. The zero-order valence-corrected chi connectivity index (χ0v) is 14.7. The van der Waals surface area contributed by atoms with E-state index >= 15 is 0 Å². The number of thiophene rings is 1. The van der Waals surface area contributed by atoms with E-state index in [1.807, 2.05) is 13.8 Å². The average Bonchev–Trinajstić information content (AvgIpc) is 3.09. The standard InChI is InChI=1S/C17H19N3O3S/c1-9-7-12(11(3)24-9)14-8-13(16(22)18-5-4-6-21)15-10(2)20-23-17(15)19-14/h7-8,21H,4-6H2,1-3H3,(H,18,22). The number of nitrogens with zero attached hydrogens (tertiary/aromatic N) is 2. The van der Waals surface area contributed by atoms with Crippen LogP contribution in [0.4, 0.5) is 0 Å². The lowest BCUT2D eigenvalue weighted by atomic mass is 10.1. The van der Waals surface area contributed by atoms with Gasteiger partial charge in [-0.25, -0.2) is 4.98 Å². The minimum atomic E-state index is -0.215. The van der Waals surface area contributed by atoms with E-state index < -0.39 is 0 Å². The van der Waals surface area contributed by atoms with Crippen LogP contribution in [0.3, 0.4) is 0 Å². The number of aryl methyl sites for hydroxylation is 3. The first-order valence-corrected chi connectivity index (χ1v) is 8.56. The highest BCUT2D eigenvalue weighted by Gasteiger charge is 2.20. The maximum absolute atomic E-state index is 12.6. The highest BCUT2D eigenvalue weighted by atomic mass is 32.1. The second kappa shape index (κ2) is 6.70. The molecule has 0 aliphatic carbocycles. The molecule has 0 spiro atoms. The Morgan fingerprint density at radius 1 is 1.33 bits per heavy atom. The molecular weight excluding hydrogens is 326 g/mol. The SMILES string of the molecule is Cc1cc(-c2cc(C(=O)NCCCO)c3c(C)noc3n2)c(C)s1. The van der Waals surface area contributed by atoms with E-state index in [9.17, 15) is 4.79 Å². The summed E-state index contributed by atoms with van der Waals surface area (Å²) in [5.74, 6) is -0.215. The monoisotopic (exact) mass is 345 g/mol. The molecule has 0 unspecified atom stereocenters. The third kappa shape index (κ3) is 3.05. The Labute approximate surface area is 143 Å². The second-order valence-corrected chi connectivity index (χ2v) is 7.12. The number of carbonyl (C=O) groups excluding carboxylic acids is 1. The number of aromatic nitrogens is 2. The highest BCUT2D eigenvalue weighted by molar-refractivity contribution is 7.12. The molecule has 2 N–H and O–H groups in total. The van der Waals surface area contributed by atoms with Gasteiger partial charge in [0.15, 0.2) is 0 Å². The lowest BCUT2D eigenvalue weighted by Crippen LogP contribution is -2.25. The summed E-state index contributed by atoms with van der Waals surface area (Å²) in [6.45, 7) is 6.32. The van der Waals surface area contributed by atoms with Crippen LogP contribution in [-0.4, -0.2) is 34.3 Å². The van der Waals surface area contributed by atoms with E-state index in [4.69, 9.17) is 9.63 Å². The quantitative estimate of drug-likeness (QED) is 0.694. The normalized spacial score (nSPS) is 11.2. The van der Waals surface area contributed by atoms with Gasteiger partial charge in [-0.3, -0.25) is 4.79 Å². The first-order chi connectivity index (χ1) is 11.5. The van der Waals surface area contributed by atoms with E-state index in [1.54, 1.807) is 24.3 Å². The fourth-order valence-electron chi connectivity index (χ4n) is 2.67. The molecule has 6 nitrogen and oxygen atoms in total. The van der Waals surface area contributed by atoms with Gasteiger partial charge >= 0.3 is 0 Å². The number of amides is 1. The van der Waals surface area contributed by atoms with Crippen molar-refractivity contribution in [3.8, 4) is 11.3 Å². The van der Waals surface area contributed by atoms with Crippen molar-refractivity contribution in [2.75, 3.05) is 13.2 Å². The van der Waals surface area contributed by atoms with Gasteiger partial charge in [-0.2, -0.15) is 0 Å². The molecule has 0 saturated carbocycles. The molecule has 0 aliphatic heterocycles. The Morgan fingerprint density at radius 2 is 2.12 bits per heavy atom. The first-order valence-electron chi connectivity index (χ1n) is 7.74. The summed E-state index contributed by atoms with van der Waals surface area (Å²) in [6, 6.07) is 3.85. The summed E-state index contributed by atoms with van der Waals surface area (Å²) in [7, 11) is 0. The van der Waals surface area contributed by atoms with Gasteiger partial charge in [0.05, 0.1) is 22.3 Å². The summed E-state index contributed by atoms with van der Waals surface area (Å²) in [5.41, 5.74) is 3.19. The minimum absolute atomic E-state index is 0.0386. The molecule has 3 rings (SSSR count). The molecule has 3 aromatic heterocycles. The van der Waals surface area contributed by atoms with E-state index in [0.29, 0.717) is 41.0 Å². The van der Waals surface area contributed by atoms with Gasteiger partial charge in [-0.15, -0.1) is 11.3 Å². The Balaban J connectivity index is 2.10. The van der Waals surface area contributed by atoms with Crippen LogP contribution in [0.25, 0.3) is 22.4 Å². The molecule has 0 atom stereocenters. The molecule has 7 heteroatoms. The Hall–Kier alpha value is -2.25. The summed E-state index contributed by atoms with van der Waals surface area (Å²) >= 11 is 1.69. The lowest BCUT2D eigenvalue weighted by Gasteiger charge is -2.07. The fraction of sp³-hybridized carbons (Fsp3) is 0.353. The van der Waals surface area contributed by atoms with Gasteiger partial charge < -0.3 is 14.9 Å². The Morgan fingerprint density at radius 3 is 2.79 bits per heavy atom. The molecule has 0 radical (unpaired) electrons. The van der Waals surface area contributed by atoms with Crippen molar-refractivity contribution in [3.05, 3.63) is 33.1 Å². The van der Waals surface area contributed by atoms with Crippen LogP contribution < -0.4 is 5.32 Å². The van der Waals surface area contributed by atoms with Crippen molar-refractivity contribution in [1.82, 2.24) is 15.5 Å². The number of hydrogen-bond donors (Lipinski definition) is 2. The predicted octanol–water partition coefficient (Wildman–Crippen LogP) is 2.99. The number of nitrogens with one attached hydrogen (secondary N) is 1. The van der Waals surface area contributed by atoms with Crippen LogP contribution in [0.5, 0.6) is 0 Å². The summed E-state index contributed by atoms with van der Waals surface area (Å²) in [6.07, 6.45) is 0.512. The number of aliphatic hydroxyl groups is 1. The molecule has 1 amide bonds. The molecule has 0 saturated heterocycles. The molecule has 0 aliphatic rings. The summed E-state index contributed by atoms with van der Waals surface area (Å²) in [4.78, 5) is 19.4. The average molecular weight is 345 g/mol. The van der Waals surface area contributed by atoms with E-state index in [0.717, 1.165) is 10.4 Å². The number of hydrogen-bond acceptors (Lipinski definition) is 6. The maximum Gasteiger partial charge on any atom is 0.259 e. The van der Waals surface area contributed by atoms with Gasteiger partial charge in [0, 0.05) is 28.5 Å². The van der Waals surface area contributed by atoms with Crippen LogP contribution in [0.2, 0.25) is 0 Å². The van der Waals surface area contributed by atoms with Crippen molar-refractivity contribution in [1.29, 1.82) is 0 Å². The van der Waals surface area contributed by atoms with Crippen LogP contribution >= 0.6 is 11.3 Å². The number of pyridine rings is 1. The molecule has 0 bridgehead atoms. The number of aliphatic hydroxyl groups excluding tert-OH is 1. The zero-order chi connectivity index (χ0) is 17.3. The van der Waals surface area contributed by atoms with Crippen LogP contribution in [-0.2, 0) is 0 Å². The molecule has 0 aromatic carbocycles. The summed E-state index contributed by atoms with van der Waals surface area (Å²) in [5, 5.41) is 16.3. The number of fused-ring (bicyclic) bond motifs is 1. The Bertz CT molecular complexity index is 898. The number of carbonyl (C=O) groups is 1. The molecule has 3 aromatic rings. The van der Waals surface area contributed by atoms with E-state index in [1.165, 1.54) is 4.88 Å². The van der Waals surface area contributed by atoms with Crippen molar-refractivity contribution in [3.63, 3.8) is 0 Å². The molecular formula is C17H19N3O3S. The van der Waals surface area contributed by atoms with E-state index in [2.05, 4.69) is 21.5 Å². The third-order valence-corrected chi connectivity index (χ3v) is 4.77. The van der Waals surface area contributed by atoms with Crippen LogP contribution in [0, 0.1) is 20.8 Å². The smallest absolute Gasteiger partial charge is 0.259 e. The van der Waals surface area contributed by atoms with Gasteiger partial charge in [0.2, 0.25) is 0 Å². The highest BCUT2D eigenvalue weighted by Crippen LogP contribution is 2.32. The fourth-order valence-corrected chi connectivity index (χ4v) is 3.61. The van der Waals surface area contributed by atoms with Crippen molar-refractivity contribution < 1.29 is 14.4 Å². The zero-order valence-electron chi connectivity index (χ0n) is 13.8. The molecule has 126 valence electrons. The van der Waals surface area contributed by atoms with E-state index in [-0.39, 0.29) is 12.5 Å². The molecule has 24 heavy (non-hydrogen) atoms. The third-order valence-electron chi connectivity index (χ3n) is 3.80. The van der Waals surface area contributed by atoms with Crippen molar-refractivity contribution in [2.24, 2.45) is 0 Å². The second-order valence-electron chi connectivity index (χ2n) is 5.66. The largest absolute Gasteiger partial charge is 0.396 e. The molecule has 3 heterocycles. The first kappa shape index (κ1) is 16.6. The Kier molecular flexibility index (Phi) is 4.64. The van der Waals surface area contributed by atoms with Gasteiger partial charge in [-0.05, 0) is 39.3 Å². The van der Waals surface area contributed by atoms with Gasteiger partial charge in [0.25, 0.3) is 11.6 Å². The summed E-state index contributed by atoms with van der Waals surface area (Å²) < 4.78 is 5.30. The van der Waals surface area contributed by atoms with Crippen molar-refractivity contribution in [2.45, 2.75) is 27.2 Å². The minimum Gasteiger partial charge on any atom is -0.396 e. The maximum atomic E-state index is 12.6. The lowest BCUT2D eigenvalue weighted by molar-refractivity contribution is 0.0952. The van der Waals surface area contributed by atoms with Crippen LogP contribution in [0.15, 0.2) is 16.7 Å². The number of rotatable bonds is 5. The van der Waals surface area contributed by atoms with Gasteiger partial charge in [0.1, 0.15) is 0 Å². The van der Waals surface area contributed by atoms with Crippen LogP contribution in [0.1, 0.15) is 32.2 Å². The predicted molar refractivity (Wildman–Crippen MR) is 93.4 cm³/mol. The van der Waals surface area contributed by atoms with Crippen molar-refractivity contribution >= 4 is 28.3 Å². The van der Waals surface area contributed by atoms with Gasteiger partial charge in [-0.1, -0.05) is 5.16 Å².